The van der Waals surface area contributed by atoms with Crippen LogP contribution in [0.2, 0.25) is 0 Å². The van der Waals surface area contributed by atoms with Gasteiger partial charge in [-0.1, -0.05) is 41.5 Å². The Morgan fingerprint density at radius 3 is 2.74 bits per heavy atom. The number of nitrogens with zero attached hydrogens (tertiary/aromatic N) is 2. The van der Waals surface area contributed by atoms with E-state index in [-0.39, 0.29) is 5.91 Å². The first-order valence-electron chi connectivity index (χ1n) is 8.76. The Morgan fingerprint density at radius 2 is 1.96 bits per heavy atom. The minimum Gasteiger partial charge on any atom is -0.496 e. The molecule has 1 amide bonds. The minimum atomic E-state index is -0.218. The van der Waals surface area contributed by atoms with E-state index in [1.165, 1.54) is 11.6 Å². The number of rotatable bonds is 6. The highest BCUT2D eigenvalue weighted by molar-refractivity contribution is 6.01. The zero-order valence-corrected chi connectivity index (χ0v) is 15.8. The van der Waals surface area contributed by atoms with E-state index in [0.29, 0.717) is 12.4 Å². The Kier molecular flexibility index (Phi) is 5.71. The molecule has 0 unspecified atom stereocenters. The summed E-state index contributed by atoms with van der Waals surface area (Å²) in [6, 6.07) is 15.9. The molecule has 0 bridgehead atoms. The zero-order chi connectivity index (χ0) is 19.2. The van der Waals surface area contributed by atoms with Crippen LogP contribution in [0.25, 0.3) is 6.08 Å². The lowest BCUT2D eigenvalue weighted by atomic mass is 10.1. The van der Waals surface area contributed by atoms with Gasteiger partial charge in [0.15, 0.2) is 0 Å². The highest BCUT2D eigenvalue weighted by atomic mass is 16.5. The average molecular weight is 361 g/mol. The smallest absolute Gasteiger partial charge is 0.249 e. The normalized spacial score (nSPS) is 10.9. The Morgan fingerprint density at radius 1 is 1.15 bits per heavy atom. The number of ether oxygens (including phenoxy) is 1. The lowest BCUT2D eigenvalue weighted by Gasteiger charge is -2.09. The molecule has 0 radical (unpaired) electrons. The number of aromatic nitrogens is 2. The topological polar surface area (TPSA) is 56.1 Å². The molecule has 0 aliphatic carbocycles. The molecule has 5 heteroatoms. The van der Waals surface area contributed by atoms with Crippen LogP contribution in [0.4, 0.5) is 5.82 Å². The second kappa shape index (κ2) is 8.36. The van der Waals surface area contributed by atoms with Gasteiger partial charge in [0, 0.05) is 17.7 Å². The summed E-state index contributed by atoms with van der Waals surface area (Å²) < 4.78 is 7.11. The number of carbonyl (C=O) groups is 1. The van der Waals surface area contributed by atoms with Gasteiger partial charge in [0.1, 0.15) is 11.6 Å². The van der Waals surface area contributed by atoms with Gasteiger partial charge in [-0.3, -0.25) is 4.79 Å². The molecular weight excluding hydrogens is 338 g/mol. The summed E-state index contributed by atoms with van der Waals surface area (Å²) in [5.74, 6) is 1.17. The first-order valence-corrected chi connectivity index (χ1v) is 8.76. The number of amides is 1. The number of nitrogens with one attached hydrogen (secondary N) is 1. The van der Waals surface area contributed by atoms with Crippen molar-refractivity contribution in [1.29, 1.82) is 0 Å². The predicted octanol–water partition coefficient (Wildman–Crippen LogP) is 4.21. The average Bonchev–Trinajstić information content (AvgIpc) is 3.06. The van der Waals surface area contributed by atoms with Crippen molar-refractivity contribution >= 4 is 17.8 Å². The molecule has 0 spiro atoms. The van der Waals surface area contributed by atoms with Crippen LogP contribution in [0.3, 0.4) is 0 Å². The van der Waals surface area contributed by atoms with Gasteiger partial charge in [-0.15, -0.1) is 0 Å². The van der Waals surface area contributed by atoms with Crippen molar-refractivity contribution in [3.63, 3.8) is 0 Å². The molecule has 138 valence electrons. The molecule has 0 aliphatic heterocycles. The monoisotopic (exact) mass is 361 g/mol. The molecule has 3 aromatic rings. The van der Waals surface area contributed by atoms with Crippen molar-refractivity contribution < 1.29 is 9.53 Å². The summed E-state index contributed by atoms with van der Waals surface area (Å²) >= 11 is 0. The fraction of sp³-hybridized carbons (Fsp3) is 0.182. The number of hydrogen-bond acceptors (Lipinski definition) is 3. The number of carbonyl (C=O) groups excluding carboxylic acids is 1. The second-order valence-electron chi connectivity index (χ2n) is 6.43. The molecule has 0 fully saturated rings. The van der Waals surface area contributed by atoms with Crippen LogP contribution in [-0.4, -0.2) is 22.8 Å². The van der Waals surface area contributed by atoms with Gasteiger partial charge >= 0.3 is 0 Å². The maximum atomic E-state index is 12.3. The first kappa shape index (κ1) is 18.5. The van der Waals surface area contributed by atoms with Crippen molar-refractivity contribution in [2.75, 3.05) is 12.4 Å². The summed E-state index contributed by atoms with van der Waals surface area (Å²) in [5.41, 5.74) is 4.29. The molecule has 0 saturated carbocycles. The molecule has 1 N–H and O–H groups in total. The van der Waals surface area contributed by atoms with Crippen LogP contribution in [0.15, 0.2) is 60.8 Å². The van der Waals surface area contributed by atoms with Gasteiger partial charge in [0.05, 0.1) is 19.9 Å². The third kappa shape index (κ3) is 4.85. The van der Waals surface area contributed by atoms with Crippen LogP contribution in [0, 0.1) is 13.8 Å². The van der Waals surface area contributed by atoms with Gasteiger partial charge in [0.2, 0.25) is 5.91 Å². The van der Waals surface area contributed by atoms with E-state index in [1.54, 1.807) is 30.1 Å². The number of methoxy groups -OCH3 is 1. The van der Waals surface area contributed by atoms with Crippen LogP contribution in [-0.2, 0) is 11.3 Å². The van der Waals surface area contributed by atoms with E-state index in [0.717, 1.165) is 22.4 Å². The van der Waals surface area contributed by atoms with Gasteiger partial charge in [-0.2, -0.15) is 5.10 Å². The quantitative estimate of drug-likeness (QED) is 0.669. The third-order valence-corrected chi connectivity index (χ3v) is 4.18. The van der Waals surface area contributed by atoms with Crippen molar-refractivity contribution in [3.8, 4) is 5.75 Å². The highest BCUT2D eigenvalue weighted by Gasteiger charge is 2.07. The Labute approximate surface area is 159 Å². The van der Waals surface area contributed by atoms with E-state index in [4.69, 9.17) is 4.74 Å². The van der Waals surface area contributed by atoms with Crippen molar-refractivity contribution in [1.82, 2.24) is 9.78 Å². The summed E-state index contributed by atoms with van der Waals surface area (Å²) in [6.07, 6.45) is 4.93. The molecule has 0 aliphatic rings. The Bertz CT molecular complexity index is 973. The Balaban J connectivity index is 1.70. The SMILES string of the molecule is COc1ccc(C)cc1/C=C/C(=O)Nc1ccnn1Cc1cccc(C)c1. The number of aryl methyl sites for hydroxylation is 2. The molecule has 1 heterocycles. The van der Waals surface area contributed by atoms with Crippen LogP contribution < -0.4 is 10.1 Å². The molecule has 3 rings (SSSR count). The summed E-state index contributed by atoms with van der Waals surface area (Å²) in [4.78, 5) is 12.3. The van der Waals surface area contributed by atoms with Crippen molar-refractivity contribution in [3.05, 3.63) is 83.1 Å². The molecular formula is C22H23N3O2. The fourth-order valence-electron chi connectivity index (χ4n) is 2.87. The maximum Gasteiger partial charge on any atom is 0.249 e. The minimum absolute atomic E-state index is 0.218. The standard InChI is InChI=1S/C22H23N3O2/c1-16-5-4-6-18(13-16)15-25-21(11-12-23-25)24-22(26)10-8-19-14-17(2)7-9-20(19)27-3/h4-14H,15H2,1-3H3,(H,24,26)/b10-8+. The molecule has 27 heavy (non-hydrogen) atoms. The Hall–Kier alpha value is -3.34. The van der Waals surface area contributed by atoms with Crippen molar-refractivity contribution in [2.45, 2.75) is 20.4 Å². The number of anilines is 1. The molecule has 2 aromatic carbocycles. The summed E-state index contributed by atoms with van der Waals surface area (Å²) in [6.45, 7) is 4.65. The molecule has 5 nitrogen and oxygen atoms in total. The van der Waals surface area contributed by atoms with E-state index in [1.807, 2.05) is 37.3 Å². The summed E-state index contributed by atoms with van der Waals surface area (Å²) in [7, 11) is 1.62. The highest BCUT2D eigenvalue weighted by Crippen LogP contribution is 2.21. The summed E-state index contributed by atoms with van der Waals surface area (Å²) in [5, 5.41) is 7.19. The van der Waals surface area contributed by atoms with Gasteiger partial charge in [-0.05, 0) is 37.6 Å². The maximum absolute atomic E-state index is 12.3. The molecule has 0 saturated heterocycles. The predicted molar refractivity (Wildman–Crippen MR) is 108 cm³/mol. The van der Waals surface area contributed by atoms with E-state index in [2.05, 4.69) is 29.5 Å². The first-order chi connectivity index (χ1) is 13.0. The van der Waals surface area contributed by atoms with Crippen molar-refractivity contribution in [2.24, 2.45) is 0 Å². The lowest BCUT2D eigenvalue weighted by Crippen LogP contribution is -2.13. The molecule has 1 aromatic heterocycles. The molecule has 0 atom stereocenters. The second-order valence-corrected chi connectivity index (χ2v) is 6.43. The lowest BCUT2D eigenvalue weighted by molar-refractivity contribution is -0.111. The van der Waals surface area contributed by atoms with Gasteiger partial charge in [-0.25, -0.2) is 4.68 Å². The van der Waals surface area contributed by atoms with Crippen LogP contribution in [0.5, 0.6) is 5.75 Å². The largest absolute Gasteiger partial charge is 0.496 e. The number of benzene rings is 2. The fourth-order valence-corrected chi connectivity index (χ4v) is 2.87. The van der Waals surface area contributed by atoms with Gasteiger partial charge in [0.25, 0.3) is 0 Å². The van der Waals surface area contributed by atoms with E-state index < -0.39 is 0 Å². The third-order valence-electron chi connectivity index (χ3n) is 4.18. The van der Waals surface area contributed by atoms with E-state index >= 15 is 0 Å². The van der Waals surface area contributed by atoms with Crippen LogP contribution >= 0.6 is 0 Å². The van der Waals surface area contributed by atoms with Gasteiger partial charge < -0.3 is 10.1 Å². The van der Waals surface area contributed by atoms with Crippen LogP contribution in [0.1, 0.15) is 22.3 Å². The number of hydrogen-bond donors (Lipinski definition) is 1. The van der Waals surface area contributed by atoms with E-state index in [9.17, 15) is 4.79 Å². The zero-order valence-electron chi connectivity index (χ0n) is 15.8.